The van der Waals surface area contributed by atoms with E-state index >= 15 is 0 Å². The number of nitrogens with one attached hydrogen (secondary N) is 1. The van der Waals surface area contributed by atoms with Crippen LogP contribution in [0.4, 0.5) is 0 Å². The highest BCUT2D eigenvalue weighted by Gasteiger charge is 2.25. The maximum absolute atomic E-state index is 11.9. The number of carboxylic acids is 1. The van der Waals surface area contributed by atoms with Crippen LogP contribution in [0.2, 0.25) is 0 Å². The normalized spacial score (nSPS) is 11.3. The standard InChI is InChI=1S/C9H11BrN2O6S/c1-12(2)7(13)4-11-19(16,17)6-3-5(9(14)15)18-8(6)10/h3,11H,4H2,1-2H3,(H,14,15). The van der Waals surface area contributed by atoms with E-state index in [1.54, 1.807) is 0 Å². The fourth-order valence-corrected chi connectivity index (χ4v) is 2.95. The van der Waals surface area contributed by atoms with E-state index in [0.717, 1.165) is 6.07 Å². The molecule has 1 heterocycles. The second-order valence-corrected chi connectivity index (χ2v) is 6.12. The summed E-state index contributed by atoms with van der Waals surface area (Å²) in [6.45, 7) is -0.435. The van der Waals surface area contributed by atoms with Crippen molar-refractivity contribution >= 4 is 37.8 Å². The van der Waals surface area contributed by atoms with Gasteiger partial charge in [-0.1, -0.05) is 0 Å². The highest BCUT2D eigenvalue weighted by molar-refractivity contribution is 9.10. The number of hydrogen-bond acceptors (Lipinski definition) is 5. The highest BCUT2D eigenvalue weighted by atomic mass is 79.9. The number of rotatable bonds is 5. The quantitative estimate of drug-likeness (QED) is 0.774. The molecule has 19 heavy (non-hydrogen) atoms. The molecule has 10 heteroatoms. The van der Waals surface area contributed by atoms with Gasteiger partial charge < -0.3 is 14.4 Å². The molecule has 0 radical (unpaired) electrons. The van der Waals surface area contributed by atoms with Crippen LogP contribution in [0.5, 0.6) is 0 Å². The van der Waals surface area contributed by atoms with Gasteiger partial charge in [0, 0.05) is 20.2 Å². The molecule has 0 aliphatic rings. The second kappa shape index (κ2) is 5.72. The molecule has 0 bridgehead atoms. The summed E-state index contributed by atoms with van der Waals surface area (Å²) in [7, 11) is -1.08. The van der Waals surface area contributed by atoms with Crippen molar-refractivity contribution in [3.8, 4) is 0 Å². The zero-order valence-corrected chi connectivity index (χ0v) is 12.4. The summed E-state index contributed by atoms with van der Waals surface area (Å²) in [5, 5.41) is 8.69. The molecule has 0 aliphatic carbocycles. The minimum absolute atomic E-state index is 0.241. The van der Waals surface area contributed by atoms with Gasteiger partial charge in [-0.15, -0.1) is 0 Å². The van der Waals surface area contributed by atoms with Gasteiger partial charge in [-0.2, -0.15) is 0 Å². The van der Waals surface area contributed by atoms with E-state index in [0.29, 0.717) is 0 Å². The molecule has 0 atom stereocenters. The third-order valence-corrected chi connectivity index (χ3v) is 4.33. The number of sulfonamides is 1. The Balaban J connectivity index is 2.95. The number of halogens is 1. The predicted molar refractivity (Wildman–Crippen MR) is 67.2 cm³/mol. The Morgan fingerprint density at radius 1 is 1.47 bits per heavy atom. The molecule has 0 unspecified atom stereocenters. The first-order valence-corrected chi connectivity index (χ1v) is 7.15. The lowest BCUT2D eigenvalue weighted by Crippen LogP contribution is -2.36. The van der Waals surface area contributed by atoms with E-state index < -0.39 is 34.2 Å². The topological polar surface area (TPSA) is 117 Å². The number of amides is 1. The summed E-state index contributed by atoms with van der Waals surface area (Å²) < 4.78 is 30.2. The van der Waals surface area contributed by atoms with Crippen molar-refractivity contribution in [3.05, 3.63) is 16.5 Å². The molecule has 0 fully saturated rings. The molecule has 0 saturated heterocycles. The minimum atomic E-state index is -4.03. The summed E-state index contributed by atoms with van der Waals surface area (Å²) >= 11 is 2.81. The largest absolute Gasteiger partial charge is 0.475 e. The Labute approximate surface area is 117 Å². The van der Waals surface area contributed by atoms with Crippen LogP contribution in [0.25, 0.3) is 0 Å². The SMILES string of the molecule is CN(C)C(=O)CNS(=O)(=O)c1cc(C(=O)O)oc1Br. The Kier molecular flexibility index (Phi) is 4.71. The van der Waals surface area contributed by atoms with E-state index in [1.165, 1.54) is 19.0 Å². The highest BCUT2D eigenvalue weighted by Crippen LogP contribution is 2.25. The van der Waals surface area contributed by atoms with Gasteiger partial charge in [0.05, 0.1) is 6.54 Å². The van der Waals surface area contributed by atoms with Crippen LogP contribution >= 0.6 is 15.9 Å². The maximum atomic E-state index is 11.9. The van der Waals surface area contributed by atoms with Crippen molar-refractivity contribution in [2.24, 2.45) is 0 Å². The zero-order valence-electron chi connectivity index (χ0n) is 10.0. The summed E-state index contributed by atoms with van der Waals surface area (Å²) in [5.41, 5.74) is 0. The van der Waals surface area contributed by atoms with Crippen molar-refractivity contribution in [1.29, 1.82) is 0 Å². The van der Waals surface area contributed by atoms with Crippen molar-refractivity contribution in [3.63, 3.8) is 0 Å². The molecule has 8 nitrogen and oxygen atoms in total. The van der Waals surface area contributed by atoms with Gasteiger partial charge >= 0.3 is 5.97 Å². The fourth-order valence-electron chi connectivity index (χ4n) is 1.03. The van der Waals surface area contributed by atoms with Gasteiger partial charge in [0.1, 0.15) is 4.90 Å². The van der Waals surface area contributed by atoms with Crippen molar-refractivity contribution in [2.45, 2.75) is 4.90 Å². The summed E-state index contributed by atoms with van der Waals surface area (Å²) in [6.07, 6.45) is 0. The number of carbonyl (C=O) groups is 2. The van der Waals surface area contributed by atoms with Crippen LogP contribution in [-0.4, -0.2) is 50.9 Å². The monoisotopic (exact) mass is 354 g/mol. The van der Waals surface area contributed by atoms with Crippen LogP contribution in [0, 0.1) is 0 Å². The number of aromatic carboxylic acids is 1. The van der Waals surface area contributed by atoms with Crippen molar-refractivity contribution in [2.75, 3.05) is 20.6 Å². The Morgan fingerprint density at radius 2 is 2.05 bits per heavy atom. The van der Waals surface area contributed by atoms with Crippen LogP contribution in [0.3, 0.4) is 0 Å². The third kappa shape index (κ3) is 3.78. The molecule has 1 aromatic rings. The summed E-state index contributed by atoms with van der Waals surface area (Å²) in [6, 6.07) is 0.856. The Hall–Kier alpha value is -1.39. The van der Waals surface area contributed by atoms with E-state index in [2.05, 4.69) is 15.9 Å². The average Bonchev–Trinajstić information content (AvgIpc) is 2.69. The molecular formula is C9H11BrN2O6S. The molecule has 0 spiro atoms. The molecule has 2 N–H and O–H groups in total. The molecular weight excluding hydrogens is 344 g/mol. The molecule has 0 saturated carbocycles. The van der Waals surface area contributed by atoms with Crippen LogP contribution in [-0.2, 0) is 14.8 Å². The second-order valence-electron chi connectivity index (χ2n) is 3.67. The number of furan rings is 1. The van der Waals surface area contributed by atoms with Crippen LogP contribution in [0.15, 0.2) is 20.0 Å². The minimum Gasteiger partial charge on any atom is -0.475 e. The van der Waals surface area contributed by atoms with Crippen LogP contribution in [0.1, 0.15) is 10.6 Å². The lowest BCUT2D eigenvalue weighted by molar-refractivity contribution is -0.127. The third-order valence-electron chi connectivity index (χ3n) is 2.07. The lowest BCUT2D eigenvalue weighted by Gasteiger charge is -2.10. The molecule has 0 aliphatic heterocycles. The maximum Gasteiger partial charge on any atom is 0.371 e. The Morgan fingerprint density at radius 3 is 2.47 bits per heavy atom. The van der Waals surface area contributed by atoms with E-state index in [9.17, 15) is 18.0 Å². The number of hydrogen-bond donors (Lipinski definition) is 2. The van der Waals surface area contributed by atoms with Crippen molar-refractivity contribution in [1.82, 2.24) is 9.62 Å². The fraction of sp³-hybridized carbons (Fsp3) is 0.333. The average molecular weight is 355 g/mol. The van der Waals surface area contributed by atoms with Gasteiger partial charge in [0.2, 0.25) is 21.7 Å². The smallest absolute Gasteiger partial charge is 0.371 e. The molecule has 0 aromatic carbocycles. The molecule has 1 amide bonds. The first-order valence-electron chi connectivity index (χ1n) is 4.87. The Bertz CT molecular complexity index is 606. The van der Waals surface area contributed by atoms with Gasteiger partial charge in [-0.05, 0) is 15.9 Å². The molecule has 1 rings (SSSR count). The molecule has 106 valence electrons. The van der Waals surface area contributed by atoms with Gasteiger partial charge in [0.15, 0.2) is 4.67 Å². The van der Waals surface area contributed by atoms with E-state index in [1.807, 2.05) is 4.72 Å². The number of nitrogens with zero attached hydrogens (tertiary/aromatic N) is 1. The summed E-state index contributed by atoms with van der Waals surface area (Å²) in [5.74, 6) is -2.36. The van der Waals surface area contributed by atoms with Gasteiger partial charge in [-0.25, -0.2) is 17.9 Å². The summed E-state index contributed by atoms with van der Waals surface area (Å²) in [4.78, 5) is 22.8. The first kappa shape index (κ1) is 15.7. The molecule has 1 aromatic heterocycles. The number of carboxylic acid groups (broad SMARTS) is 1. The van der Waals surface area contributed by atoms with Crippen LogP contribution < -0.4 is 4.72 Å². The predicted octanol–water partition coefficient (Wildman–Crippen LogP) is 0.107. The lowest BCUT2D eigenvalue weighted by atomic mass is 10.5. The zero-order chi connectivity index (χ0) is 14.8. The van der Waals surface area contributed by atoms with E-state index in [-0.39, 0.29) is 9.56 Å². The van der Waals surface area contributed by atoms with E-state index in [4.69, 9.17) is 9.52 Å². The van der Waals surface area contributed by atoms with Gasteiger partial charge in [-0.3, -0.25) is 4.79 Å². The first-order chi connectivity index (χ1) is 8.65. The van der Waals surface area contributed by atoms with Gasteiger partial charge in [0.25, 0.3) is 0 Å². The van der Waals surface area contributed by atoms with Crippen molar-refractivity contribution < 1.29 is 27.5 Å². The number of carbonyl (C=O) groups excluding carboxylic acids is 1. The number of likely N-dealkylation sites (N-methyl/N-ethyl adjacent to an activating group) is 1.